The van der Waals surface area contributed by atoms with Crippen LogP contribution in [-0.4, -0.2) is 32.4 Å². The van der Waals surface area contributed by atoms with Crippen molar-refractivity contribution >= 4 is 38.1 Å². The van der Waals surface area contributed by atoms with Crippen LogP contribution in [0, 0.1) is 0 Å². The average Bonchev–Trinajstić information content (AvgIpc) is 3.12. The molecule has 4 aromatic rings. The number of fused-ring (bicyclic) bond motifs is 3. The van der Waals surface area contributed by atoms with E-state index in [9.17, 15) is 4.79 Å². The first-order valence-corrected chi connectivity index (χ1v) is 7.58. The predicted molar refractivity (Wildman–Crippen MR) is 87.1 cm³/mol. The molecule has 0 atom stereocenters. The molecule has 8 heteroatoms. The summed E-state index contributed by atoms with van der Waals surface area (Å²) in [7, 11) is 1.63. The smallest absolute Gasteiger partial charge is 0.276 e. The number of nitrogens with one attached hydrogen (secondary N) is 1. The molecule has 3 heterocycles. The molecule has 1 amide bonds. The van der Waals surface area contributed by atoms with E-state index in [1.165, 1.54) is 30.1 Å². The normalized spacial score (nSPS) is 11.0. The third-order valence-corrected chi connectivity index (χ3v) is 4.37. The van der Waals surface area contributed by atoms with Crippen molar-refractivity contribution in [1.29, 1.82) is 0 Å². The summed E-state index contributed by atoms with van der Waals surface area (Å²) in [5, 5.41) is 2.72. The summed E-state index contributed by atoms with van der Waals surface area (Å²) < 4.78 is 8.17. The molecule has 0 aliphatic heterocycles. The number of methoxy groups -OCH3 is 1. The van der Waals surface area contributed by atoms with E-state index in [2.05, 4.69) is 20.3 Å². The Morgan fingerprint density at radius 2 is 2.13 bits per heavy atom. The Bertz CT molecular complexity index is 1010. The number of amides is 1. The Labute approximate surface area is 134 Å². The van der Waals surface area contributed by atoms with Gasteiger partial charge in [0, 0.05) is 6.20 Å². The lowest BCUT2D eigenvalue weighted by Crippen LogP contribution is -2.12. The molecule has 3 aromatic heterocycles. The van der Waals surface area contributed by atoms with Crippen LogP contribution in [-0.2, 0) is 0 Å². The summed E-state index contributed by atoms with van der Waals surface area (Å²) in [5.74, 6) is 0.501. The van der Waals surface area contributed by atoms with Crippen molar-refractivity contribution in [1.82, 2.24) is 19.4 Å². The zero-order valence-electron chi connectivity index (χ0n) is 12.1. The molecule has 1 aromatic carbocycles. The summed E-state index contributed by atoms with van der Waals surface area (Å²) in [5.41, 5.74) is 1.86. The number of hydrogen-bond donors (Lipinski definition) is 1. The quantitative estimate of drug-likeness (QED) is 0.626. The molecule has 0 saturated heterocycles. The van der Waals surface area contributed by atoms with Crippen LogP contribution in [0.3, 0.4) is 0 Å². The molecule has 4 rings (SSSR count). The van der Waals surface area contributed by atoms with Crippen molar-refractivity contribution < 1.29 is 9.53 Å². The molecule has 0 spiro atoms. The van der Waals surface area contributed by atoms with Gasteiger partial charge in [-0.2, -0.15) is 0 Å². The summed E-state index contributed by atoms with van der Waals surface area (Å²) in [6.45, 7) is 0. The zero-order chi connectivity index (χ0) is 15.8. The van der Waals surface area contributed by atoms with Crippen LogP contribution in [0.2, 0.25) is 0 Å². The maximum absolute atomic E-state index is 12.3. The Kier molecular flexibility index (Phi) is 3.16. The van der Waals surface area contributed by atoms with Gasteiger partial charge in [0.25, 0.3) is 5.91 Å². The highest BCUT2D eigenvalue weighted by atomic mass is 32.1. The first-order valence-electron chi connectivity index (χ1n) is 6.76. The number of nitrogens with zero attached hydrogens (tertiary/aromatic N) is 4. The van der Waals surface area contributed by atoms with Crippen LogP contribution >= 0.6 is 11.3 Å². The lowest BCUT2D eigenvalue weighted by Gasteiger charge is -2.00. The SMILES string of the molecule is COc1ccc2c(c1)sc1nc(C(=O)Nc3cncnc3)cn12. The molecule has 1 N–H and O–H groups in total. The highest BCUT2D eigenvalue weighted by molar-refractivity contribution is 7.23. The van der Waals surface area contributed by atoms with Crippen molar-refractivity contribution in [2.45, 2.75) is 0 Å². The van der Waals surface area contributed by atoms with Crippen molar-refractivity contribution in [2.24, 2.45) is 0 Å². The molecule has 0 aliphatic carbocycles. The molecular weight excluding hydrogens is 314 g/mol. The van der Waals surface area contributed by atoms with Gasteiger partial charge in [-0.3, -0.25) is 9.20 Å². The molecule has 0 unspecified atom stereocenters. The predicted octanol–water partition coefficient (Wildman–Crippen LogP) is 2.60. The number of imidazole rings is 1. The molecule has 0 radical (unpaired) electrons. The highest BCUT2D eigenvalue weighted by Gasteiger charge is 2.15. The summed E-state index contributed by atoms with van der Waals surface area (Å²) in [4.78, 5) is 25.1. The van der Waals surface area contributed by atoms with Gasteiger partial charge in [-0.25, -0.2) is 15.0 Å². The van der Waals surface area contributed by atoms with E-state index in [-0.39, 0.29) is 5.91 Å². The third-order valence-electron chi connectivity index (χ3n) is 3.35. The van der Waals surface area contributed by atoms with Gasteiger partial charge in [0.2, 0.25) is 0 Å². The molecule has 23 heavy (non-hydrogen) atoms. The number of aromatic nitrogens is 4. The molecule has 0 aliphatic rings. The Morgan fingerprint density at radius 1 is 1.30 bits per heavy atom. The Balaban J connectivity index is 1.70. The van der Waals surface area contributed by atoms with Gasteiger partial charge in [-0.05, 0) is 18.2 Å². The van der Waals surface area contributed by atoms with Gasteiger partial charge < -0.3 is 10.1 Å². The first-order chi connectivity index (χ1) is 11.2. The number of carbonyl (C=O) groups excluding carboxylic acids is 1. The fourth-order valence-corrected chi connectivity index (χ4v) is 3.31. The number of benzene rings is 1. The van der Waals surface area contributed by atoms with Crippen LogP contribution in [0.25, 0.3) is 15.2 Å². The first kappa shape index (κ1) is 13.6. The molecule has 114 valence electrons. The number of rotatable bonds is 3. The second-order valence-corrected chi connectivity index (χ2v) is 5.80. The molecular formula is C15H11N5O2S. The minimum Gasteiger partial charge on any atom is -0.497 e. The van der Waals surface area contributed by atoms with Crippen LogP contribution < -0.4 is 10.1 Å². The maximum Gasteiger partial charge on any atom is 0.276 e. The molecule has 0 fully saturated rings. The Morgan fingerprint density at radius 3 is 2.91 bits per heavy atom. The van der Waals surface area contributed by atoms with E-state index < -0.39 is 0 Å². The van der Waals surface area contributed by atoms with Crippen molar-refractivity contribution in [2.75, 3.05) is 12.4 Å². The van der Waals surface area contributed by atoms with Crippen molar-refractivity contribution in [3.05, 3.63) is 48.8 Å². The van der Waals surface area contributed by atoms with E-state index in [1.807, 2.05) is 22.6 Å². The van der Waals surface area contributed by atoms with E-state index in [1.54, 1.807) is 13.3 Å². The van der Waals surface area contributed by atoms with Gasteiger partial charge in [-0.1, -0.05) is 11.3 Å². The minimum absolute atomic E-state index is 0.294. The van der Waals surface area contributed by atoms with E-state index in [4.69, 9.17) is 4.74 Å². The van der Waals surface area contributed by atoms with Gasteiger partial charge in [-0.15, -0.1) is 0 Å². The lowest BCUT2D eigenvalue weighted by molar-refractivity contribution is 0.102. The largest absolute Gasteiger partial charge is 0.497 e. The standard InChI is InChI=1S/C15H11N5O2S/c1-22-10-2-3-12-13(4-10)23-15-19-11(7-20(12)15)14(21)18-9-5-16-8-17-6-9/h2-8H,1H3,(H,18,21). The number of hydrogen-bond acceptors (Lipinski definition) is 6. The number of ether oxygens (including phenoxy) is 1. The average molecular weight is 325 g/mol. The van der Waals surface area contributed by atoms with Gasteiger partial charge in [0.05, 0.1) is 35.4 Å². The number of thiazole rings is 1. The van der Waals surface area contributed by atoms with Gasteiger partial charge in [0.1, 0.15) is 17.8 Å². The summed E-state index contributed by atoms with van der Waals surface area (Å²) in [6, 6.07) is 5.79. The monoisotopic (exact) mass is 325 g/mol. The minimum atomic E-state index is -0.294. The molecule has 0 bridgehead atoms. The lowest BCUT2D eigenvalue weighted by atomic mass is 10.3. The second kappa shape index (κ2) is 5.33. The second-order valence-electron chi connectivity index (χ2n) is 4.80. The summed E-state index contributed by atoms with van der Waals surface area (Å²) >= 11 is 1.50. The van der Waals surface area contributed by atoms with Crippen molar-refractivity contribution in [3.63, 3.8) is 0 Å². The van der Waals surface area contributed by atoms with Gasteiger partial charge in [0.15, 0.2) is 4.96 Å². The van der Waals surface area contributed by atoms with Crippen LogP contribution in [0.5, 0.6) is 5.75 Å². The highest BCUT2D eigenvalue weighted by Crippen LogP contribution is 2.29. The topological polar surface area (TPSA) is 81.4 Å². The van der Waals surface area contributed by atoms with Crippen LogP contribution in [0.4, 0.5) is 5.69 Å². The molecule has 0 saturated carbocycles. The van der Waals surface area contributed by atoms with Crippen LogP contribution in [0.15, 0.2) is 43.1 Å². The fraction of sp³-hybridized carbons (Fsp3) is 0.0667. The number of anilines is 1. The Hall–Kier alpha value is -3.00. The maximum atomic E-state index is 12.3. The van der Waals surface area contributed by atoms with E-state index in [0.29, 0.717) is 11.4 Å². The fourth-order valence-electron chi connectivity index (χ4n) is 2.28. The van der Waals surface area contributed by atoms with Crippen molar-refractivity contribution in [3.8, 4) is 5.75 Å². The van der Waals surface area contributed by atoms with Gasteiger partial charge >= 0.3 is 0 Å². The van der Waals surface area contributed by atoms with Crippen LogP contribution in [0.1, 0.15) is 10.5 Å². The summed E-state index contributed by atoms with van der Waals surface area (Å²) in [6.07, 6.45) is 6.19. The van der Waals surface area contributed by atoms with E-state index in [0.717, 1.165) is 20.9 Å². The molecule has 7 nitrogen and oxygen atoms in total. The third kappa shape index (κ3) is 2.38. The van der Waals surface area contributed by atoms with E-state index >= 15 is 0 Å². The zero-order valence-corrected chi connectivity index (χ0v) is 12.9. The number of carbonyl (C=O) groups is 1.